The fourth-order valence-electron chi connectivity index (χ4n) is 2.31. The van der Waals surface area contributed by atoms with Crippen LogP contribution in [0, 0.1) is 0 Å². The second kappa shape index (κ2) is 4.66. The zero-order valence-corrected chi connectivity index (χ0v) is 11.1. The van der Waals surface area contributed by atoms with Crippen LogP contribution >= 0.6 is 0 Å². The Kier molecular flexibility index (Phi) is 3.32. The van der Waals surface area contributed by atoms with E-state index in [1.165, 1.54) is 4.90 Å². The van der Waals surface area contributed by atoms with Crippen LogP contribution in [0.25, 0.3) is 0 Å². The summed E-state index contributed by atoms with van der Waals surface area (Å²) in [5.74, 6) is -0.615. The number of aliphatic hydroxyl groups is 1. The van der Waals surface area contributed by atoms with E-state index < -0.39 is 17.6 Å². The van der Waals surface area contributed by atoms with Crippen molar-refractivity contribution in [1.82, 2.24) is 0 Å². The van der Waals surface area contributed by atoms with Crippen molar-refractivity contribution in [1.29, 1.82) is 0 Å². The molecule has 1 aliphatic heterocycles. The van der Waals surface area contributed by atoms with Crippen LogP contribution in [0.15, 0.2) is 24.3 Å². The first-order chi connectivity index (χ1) is 8.80. The van der Waals surface area contributed by atoms with Gasteiger partial charge in [0.2, 0.25) is 11.8 Å². The second-order valence-corrected chi connectivity index (χ2v) is 5.33. The Hall–Kier alpha value is -1.88. The lowest BCUT2D eigenvalue weighted by Crippen LogP contribution is -2.42. The highest BCUT2D eigenvalue weighted by Crippen LogP contribution is 2.30. The van der Waals surface area contributed by atoms with Crippen LogP contribution in [0.2, 0.25) is 0 Å². The van der Waals surface area contributed by atoms with Crippen molar-refractivity contribution < 1.29 is 14.7 Å². The maximum atomic E-state index is 11.9. The molecule has 1 heterocycles. The van der Waals surface area contributed by atoms with Gasteiger partial charge in [-0.1, -0.05) is 12.1 Å². The number of hydrogen-bond acceptors (Lipinski definition) is 3. The van der Waals surface area contributed by atoms with Crippen LogP contribution in [0.1, 0.15) is 32.3 Å². The van der Waals surface area contributed by atoms with Gasteiger partial charge >= 0.3 is 0 Å². The number of nitrogens with two attached hydrogens (primary N) is 1. The van der Waals surface area contributed by atoms with Crippen LogP contribution in [-0.2, 0) is 15.2 Å². The fourth-order valence-corrected chi connectivity index (χ4v) is 2.31. The van der Waals surface area contributed by atoms with Crippen molar-refractivity contribution in [2.45, 2.75) is 38.3 Å². The normalized spacial score (nSPS) is 19.8. The Labute approximate surface area is 112 Å². The Bertz CT molecular complexity index is 520. The van der Waals surface area contributed by atoms with Gasteiger partial charge in [-0.25, -0.2) is 0 Å². The largest absolute Gasteiger partial charge is 0.386 e. The topological polar surface area (TPSA) is 83.6 Å². The van der Waals surface area contributed by atoms with E-state index in [0.717, 1.165) is 0 Å². The van der Waals surface area contributed by atoms with E-state index in [0.29, 0.717) is 24.1 Å². The fraction of sp³-hybridized carbons (Fsp3) is 0.429. The number of primary amides is 1. The number of hydrogen-bond donors (Lipinski definition) is 2. The molecule has 2 amide bonds. The van der Waals surface area contributed by atoms with Crippen LogP contribution in [0.4, 0.5) is 5.69 Å². The van der Waals surface area contributed by atoms with E-state index in [1.807, 2.05) is 0 Å². The molecule has 0 spiro atoms. The summed E-state index contributed by atoms with van der Waals surface area (Å²) in [6.45, 7) is 3.34. The van der Waals surface area contributed by atoms with Crippen LogP contribution in [0.5, 0.6) is 0 Å². The highest BCUT2D eigenvalue weighted by Gasteiger charge is 2.36. The van der Waals surface area contributed by atoms with E-state index in [9.17, 15) is 14.7 Å². The first-order valence-corrected chi connectivity index (χ1v) is 6.25. The third-order valence-electron chi connectivity index (χ3n) is 3.37. The van der Waals surface area contributed by atoms with Gasteiger partial charge < -0.3 is 10.8 Å². The maximum absolute atomic E-state index is 11.9. The van der Waals surface area contributed by atoms with Gasteiger partial charge in [-0.05, 0) is 38.0 Å². The molecule has 102 valence electrons. The molecule has 1 unspecified atom stereocenters. The van der Waals surface area contributed by atoms with Gasteiger partial charge in [0.25, 0.3) is 0 Å². The Morgan fingerprint density at radius 2 is 2.16 bits per heavy atom. The summed E-state index contributed by atoms with van der Waals surface area (Å²) in [4.78, 5) is 24.7. The quantitative estimate of drug-likeness (QED) is 0.848. The van der Waals surface area contributed by atoms with Crippen molar-refractivity contribution in [3.05, 3.63) is 29.8 Å². The summed E-state index contributed by atoms with van der Waals surface area (Å²) >= 11 is 0. The van der Waals surface area contributed by atoms with Crippen molar-refractivity contribution in [2.24, 2.45) is 5.73 Å². The molecular formula is C14H18N2O3. The first kappa shape index (κ1) is 13.5. The Morgan fingerprint density at radius 1 is 1.47 bits per heavy atom. The van der Waals surface area contributed by atoms with Crippen molar-refractivity contribution in [2.75, 3.05) is 4.90 Å². The highest BCUT2D eigenvalue weighted by atomic mass is 16.3. The van der Waals surface area contributed by atoms with Crippen molar-refractivity contribution in [3.63, 3.8) is 0 Å². The minimum Gasteiger partial charge on any atom is -0.386 e. The minimum absolute atomic E-state index is 0.114. The lowest BCUT2D eigenvalue weighted by molar-refractivity contribution is -0.121. The summed E-state index contributed by atoms with van der Waals surface area (Å²) in [5, 5.41) is 10.0. The molecule has 1 atom stereocenters. The average molecular weight is 262 g/mol. The molecule has 0 saturated carbocycles. The molecule has 0 bridgehead atoms. The van der Waals surface area contributed by atoms with Gasteiger partial charge in [0.1, 0.15) is 6.04 Å². The minimum atomic E-state index is -0.999. The highest BCUT2D eigenvalue weighted by molar-refractivity contribution is 6.03. The monoisotopic (exact) mass is 262 g/mol. The second-order valence-electron chi connectivity index (χ2n) is 5.33. The lowest BCUT2D eigenvalue weighted by Gasteiger charge is -2.25. The lowest BCUT2D eigenvalue weighted by atomic mass is 9.97. The van der Waals surface area contributed by atoms with E-state index >= 15 is 0 Å². The predicted molar refractivity (Wildman–Crippen MR) is 71.4 cm³/mol. The van der Waals surface area contributed by atoms with Crippen LogP contribution in [-0.4, -0.2) is 23.0 Å². The van der Waals surface area contributed by atoms with E-state index in [4.69, 9.17) is 5.73 Å². The van der Waals surface area contributed by atoms with E-state index in [2.05, 4.69) is 0 Å². The molecule has 3 N–H and O–H groups in total. The molecule has 19 heavy (non-hydrogen) atoms. The number of nitrogens with zero attached hydrogens (tertiary/aromatic N) is 1. The molecule has 2 rings (SSSR count). The molecule has 1 saturated heterocycles. The van der Waals surface area contributed by atoms with Gasteiger partial charge in [-0.3, -0.25) is 14.5 Å². The zero-order chi connectivity index (χ0) is 14.2. The number of benzene rings is 1. The van der Waals surface area contributed by atoms with E-state index in [-0.39, 0.29) is 5.91 Å². The Balaban J connectivity index is 2.40. The Morgan fingerprint density at radius 3 is 2.74 bits per heavy atom. The average Bonchev–Trinajstić information content (AvgIpc) is 2.70. The SMILES string of the molecule is CC(C)(O)c1cccc(N2C(=O)CCC2C(N)=O)c1. The standard InChI is InChI=1S/C14H18N2O3/c1-14(2,19)9-4-3-5-10(8-9)16-11(13(15)18)6-7-12(16)17/h3-5,8,11,19H,6-7H2,1-2H3,(H2,15,18). The molecule has 0 aromatic heterocycles. The van der Waals surface area contributed by atoms with Crippen LogP contribution < -0.4 is 10.6 Å². The molecule has 0 aliphatic carbocycles. The summed E-state index contributed by atoms with van der Waals surface area (Å²) in [5.41, 5.74) is 5.62. The molecule has 5 heteroatoms. The number of carbonyl (C=O) groups is 2. The number of rotatable bonds is 3. The van der Waals surface area contributed by atoms with Gasteiger partial charge in [-0.2, -0.15) is 0 Å². The molecule has 0 radical (unpaired) electrons. The molecule has 1 aliphatic rings. The summed E-state index contributed by atoms with van der Waals surface area (Å²) in [7, 11) is 0. The van der Waals surface area contributed by atoms with Crippen molar-refractivity contribution in [3.8, 4) is 0 Å². The smallest absolute Gasteiger partial charge is 0.240 e. The summed E-state index contributed by atoms with van der Waals surface area (Å²) in [6.07, 6.45) is 0.765. The van der Waals surface area contributed by atoms with E-state index in [1.54, 1.807) is 38.1 Å². The third-order valence-corrected chi connectivity index (χ3v) is 3.37. The molecule has 5 nitrogen and oxygen atoms in total. The summed E-state index contributed by atoms with van der Waals surface area (Å²) < 4.78 is 0. The zero-order valence-electron chi connectivity index (χ0n) is 11.1. The van der Waals surface area contributed by atoms with Crippen LogP contribution in [0.3, 0.4) is 0 Å². The number of amides is 2. The predicted octanol–water partition coefficient (Wildman–Crippen LogP) is 0.895. The summed E-state index contributed by atoms with van der Waals surface area (Å²) in [6, 6.07) is 6.41. The number of carbonyl (C=O) groups excluding carboxylic acids is 2. The van der Waals surface area contributed by atoms with Gasteiger partial charge in [0, 0.05) is 12.1 Å². The third kappa shape index (κ3) is 2.61. The molecule has 1 aromatic rings. The molecular weight excluding hydrogens is 244 g/mol. The molecule has 1 aromatic carbocycles. The first-order valence-electron chi connectivity index (χ1n) is 6.25. The maximum Gasteiger partial charge on any atom is 0.240 e. The van der Waals surface area contributed by atoms with Gasteiger partial charge in [0.05, 0.1) is 5.60 Å². The number of anilines is 1. The van der Waals surface area contributed by atoms with Gasteiger partial charge in [0.15, 0.2) is 0 Å². The van der Waals surface area contributed by atoms with Crippen molar-refractivity contribution >= 4 is 17.5 Å². The molecule has 1 fully saturated rings. The van der Waals surface area contributed by atoms with Gasteiger partial charge in [-0.15, -0.1) is 0 Å².